The molecule has 0 spiro atoms. The zero-order valence-corrected chi connectivity index (χ0v) is 14.9. The second-order valence-electron chi connectivity index (χ2n) is 6.30. The molecule has 3 aromatic heterocycles. The molecular formula is C16H17N7O2S. The van der Waals surface area contributed by atoms with Crippen LogP contribution in [0.4, 0.5) is 0 Å². The number of rotatable bonds is 5. The Morgan fingerprint density at radius 1 is 1.42 bits per heavy atom. The van der Waals surface area contributed by atoms with E-state index in [1.165, 1.54) is 6.33 Å². The van der Waals surface area contributed by atoms with E-state index in [-0.39, 0.29) is 5.75 Å². The van der Waals surface area contributed by atoms with Gasteiger partial charge in [-0.15, -0.1) is 0 Å². The molecule has 0 radical (unpaired) electrons. The lowest BCUT2D eigenvalue weighted by Gasteiger charge is -2.45. The fourth-order valence-corrected chi connectivity index (χ4v) is 4.78. The van der Waals surface area contributed by atoms with Crippen LogP contribution in [0.25, 0.3) is 22.3 Å². The summed E-state index contributed by atoms with van der Waals surface area (Å²) in [5.41, 5.74) is 1.25. The number of nitriles is 1. The highest BCUT2D eigenvalue weighted by atomic mass is 32.2. The van der Waals surface area contributed by atoms with Gasteiger partial charge in [-0.2, -0.15) is 10.4 Å². The summed E-state index contributed by atoms with van der Waals surface area (Å²) in [6, 6.07) is 3.87. The van der Waals surface area contributed by atoms with Gasteiger partial charge in [-0.25, -0.2) is 18.4 Å². The summed E-state index contributed by atoms with van der Waals surface area (Å²) in [6.07, 6.45) is 6.64. The highest BCUT2D eigenvalue weighted by Gasteiger charge is 2.52. The lowest BCUT2D eigenvalue weighted by Crippen LogP contribution is -2.68. The zero-order chi connectivity index (χ0) is 18.4. The molecule has 0 saturated carbocycles. The fraction of sp³-hybridized carbons (Fsp3) is 0.375. The molecule has 1 saturated heterocycles. The van der Waals surface area contributed by atoms with Gasteiger partial charge < -0.3 is 10.3 Å². The van der Waals surface area contributed by atoms with Gasteiger partial charge in [-0.1, -0.05) is 6.92 Å². The minimum absolute atomic E-state index is 0.0863. The monoisotopic (exact) mass is 371 g/mol. The summed E-state index contributed by atoms with van der Waals surface area (Å²) < 4.78 is 26.5. The number of H-pyrrole nitrogens is 1. The van der Waals surface area contributed by atoms with E-state index in [0.29, 0.717) is 24.4 Å². The van der Waals surface area contributed by atoms with Crippen molar-refractivity contribution in [1.82, 2.24) is 30.0 Å². The number of sulfone groups is 1. The molecule has 3 aromatic rings. The molecule has 4 heterocycles. The van der Waals surface area contributed by atoms with Crippen LogP contribution in [0, 0.1) is 11.3 Å². The molecule has 1 atom stereocenters. The van der Waals surface area contributed by atoms with Gasteiger partial charge in [-0.05, 0) is 6.07 Å². The molecule has 9 nitrogen and oxygen atoms in total. The number of nitrogens with one attached hydrogen (secondary N) is 2. The molecule has 0 amide bonds. The van der Waals surface area contributed by atoms with Crippen molar-refractivity contribution in [2.75, 3.05) is 18.8 Å². The molecule has 1 unspecified atom stereocenters. The second kappa shape index (κ2) is 5.89. The summed E-state index contributed by atoms with van der Waals surface area (Å²) in [7, 11) is -3.55. The van der Waals surface area contributed by atoms with E-state index in [4.69, 9.17) is 0 Å². The first kappa shape index (κ1) is 16.7. The van der Waals surface area contributed by atoms with Crippen molar-refractivity contribution in [3.05, 3.63) is 31.0 Å². The molecule has 0 aromatic carbocycles. The quantitative estimate of drug-likeness (QED) is 0.666. The van der Waals surface area contributed by atoms with Crippen molar-refractivity contribution >= 4 is 20.9 Å². The summed E-state index contributed by atoms with van der Waals surface area (Å²) in [4.78, 5) is 11.5. The Hall–Kier alpha value is -2.77. The largest absolute Gasteiger partial charge is 0.346 e. The highest BCUT2D eigenvalue weighted by Crippen LogP contribution is 2.33. The van der Waals surface area contributed by atoms with Gasteiger partial charge in [0.05, 0.1) is 18.0 Å². The summed E-state index contributed by atoms with van der Waals surface area (Å²) >= 11 is 0. The van der Waals surface area contributed by atoms with E-state index in [1.54, 1.807) is 30.2 Å². The Labute approximate surface area is 150 Å². The van der Waals surface area contributed by atoms with Crippen LogP contribution in [0.3, 0.4) is 0 Å². The van der Waals surface area contributed by atoms with Crippen molar-refractivity contribution in [1.29, 1.82) is 5.26 Å². The first-order valence-corrected chi connectivity index (χ1v) is 9.89. The molecule has 4 rings (SSSR count). The molecule has 0 aliphatic carbocycles. The minimum Gasteiger partial charge on any atom is -0.346 e. The highest BCUT2D eigenvalue weighted by molar-refractivity contribution is 7.92. The minimum atomic E-state index is -3.55. The third kappa shape index (κ3) is 2.32. The third-order valence-electron chi connectivity index (χ3n) is 4.90. The van der Waals surface area contributed by atoms with Crippen LogP contribution in [-0.2, 0) is 15.4 Å². The maximum atomic E-state index is 12.4. The molecular weight excluding hydrogens is 354 g/mol. The van der Waals surface area contributed by atoms with Gasteiger partial charge in [0, 0.05) is 42.2 Å². The normalized spacial score (nSPS) is 17.5. The van der Waals surface area contributed by atoms with E-state index >= 15 is 0 Å². The lowest BCUT2D eigenvalue weighted by molar-refractivity contribution is 0.163. The number of hydrogen-bond donors (Lipinski definition) is 2. The van der Waals surface area contributed by atoms with Crippen LogP contribution < -0.4 is 5.32 Å². The Bertz CT molecular complexity index is 1110. The Morgan fingerprint density at radius 2 is 2.23 bits per heavy atom. The second-order valence-corrected chi connectivity index (χ2v) is 8.68. The van der Waals surface area contributed by atoms with Crippen LogP contribution >= 0.6 is 0 Å². The Morgan fingerprint density at radius 3 is 2.88 bits per heavy atom. The summed E-state index contributed by atoms with van der Waals surface area (Å²) in [5, 5.41) is 16.7. The lowest BCUT2D eigenvalue weighted by atomic mass is 9.89. The van der Waals surface area contributed by atoms with Gasteiger partial charge in [0.1, 0.15) is 17.5 Å². The van der Waals surface area contributed by atoms with Crippen LogP contribution in [0.5, 0.6) is 0 Å². The Kier molecular flexibility index (Phi) is 3.78. The van der Waals surface area contributed by atoms with Crippen LogP contribution in [0.15, 0.2) is 31.0 Å². The molecule has 2 N–H and O–H groups in total. The summed E-state index contributed by atoms with van der Waals surface area (Å²) in [6.45, 7) is 2.29. The van der Waals surface area contributed by atoms with E-state index in [9.17, 15) is 13.7 Å². The molecule has 1 aliphatic rings. The van der Waals surface area contributed by atoms with Crippen molar-refractivity contribution < 1.29 is 8.42 Å². The third-order valence-corrected chi connectivity index (χ3v) is 6.96. The Balaban J connectivity index is 1.80. The zero-order valence-electron chi connectivity index (χ0n) is 14.0. The van der Waals surface area contributed by atoms with Gasteiger partial charge in [0.2, 0.25) is 0 Å². The maximum absolute atomic E-state index is 12.4. The molecule has 10 heteroatoms. The molecule has 26 heavy (non-hydrogen) atoms. The first-order chi connectivity index (χ1) is 12.5. The van der Waals surface area contributed by atoms with Crippen LogP contribution in [0.2, 0.25) is 0 Å². The van der Waals surface area contributed by atoms with E-state index in [1.807, 2.05) is 12.1 Å². The van der Waals surface area contributed by atoms with E-state index in [2.05, 4.69) is 25.4 Å². The van der Waals surface area contributed by atoms with Crippen LogP contribution in [-0.4, -0.2) is 57.2 Å². The predicted octanol–water partition coefficient (Wildman–Crippen LogP) is 0.447. The first-order valence-electron chi connectivity index (χ1n) is 8.17. The summed E-state index contributed by atoms with van der Waals surface area (Å²) in [5.74, 6) is -0.0863. The van der Waals surface area contributed by atoms with Crippen molar-refractivity contribution in [2.24, 2.45) is 0 Å². The van der Waals surface area contributed by atoms with E-state index in [0.717, 1.165) is 10.9 Å². The molecule has 1 aliphatic heterocycles. The molecule has 134 valence electrons. The molecule has 0 bridgehead atoms. The number of hydrogen-bond acceptors (Lipinski definition) is 7. The van der Waals surface area contributed by atoms with E-state index < -0.39 is 20.6 Å². The van der Waals surface area contributed by atoms with Crippen molar-refractivity contribution in [3.63, 3.8) is 0 Å². The van der Waals surface area contributed by atoms with Gasteiger partial charge in [0.25, 0.3) is 0 Å². The molecule has 1 fully saturated rings. The number of nitrogens with zero attached hydrogens (tertiary/aromatic N) is 5. The average molecular weight is 371 g/mol. The predicted molar refractivity (Wildman–Crippen MR) is 94.8 cm³/mol. The number of aromatic nitrogens is 5. The van der Waals surface area contributed by atoms with Crippen molar-refractivity contribution in [3.8, 4) is 17.3 Å². The topological polar surface area (TPSA) is 129 Å². The van der Waals surface area contributed by atoms with Crippen LogP contribution in [0.1, 0.15) is 6.92 Å². The van der Waals surface area contributed by atoms with Gasteiger partial charge >= 0.3 is 0 Å². The average Bonchev–Trinajstić information content (AvgIpc) is 3.26. The number of aromatic amines is 1. The SMILES string of the molecule is CCS(=O)(=O)C(C#N)C1(n2cc(-c3ncnc4[nH]ccc34)cn2)CNC1. The number of fused-ring (bicyclic) bond motifs is 1. The fourth-order valence-electron chi connectivity index (χ4n) is 3.34. The standard InChI is InChI=1S/C16H17N7O2S/c1-2-26(24,25)13(5-17)16(8-18-9-16)23-7-11(6-22-23)14-12-3-4-19-15(12)21-10-20-14/h3-4,6-7,10,13,18H,2,8-9H2,1H3,(H,19,20,21). The van der Waals surface area contributed by atoms with Crippen molar-refractivity contribution in [2.45, 2.75) is 17.7 Å². The van der Waals surface area contributed by atoms with Gasteiger partial charge in [0.15, 0.2) is 15.1 Å². The van der Waals surface area contributed by atoms with Gasteiger partial charge in [-0.3, -0.25) is 4.68 Å². The smallest absolute Gasteiger partial charge is 0.175 e. The maximum Gasteiger partial charge on any atom is 0.175 e.